The van der Waals surface area contributed by atoms with Gasteiger partial charge in [-0.25, -0.2) is 12.8 Å². The molecule has 2 aromatic rings. The molecule has 0 bridgehead atoms. The van der Waals surface area contributed by atoms with E-state index < -0.39 is 39.1 Å². The summed E-state index contributed by atoms with van der Waals surface area (Å²) in [6.45, 7) is 4.08. The maximum Gasteiger partial charge on any atom is 0.245 e. The monoisotopic (exact) mass is 514 g/mol. The first-order valence-electron chi connectivity index (χ1n) is 10.3. The minimum absolute atomic E-state index is 0. The molecule has 33 heavy (non-hydrogen) atoms. The van der Waals surface area contributed by atoms with Crippen LogP contribution in [0.3, 0.4) is 0 Å². The van der Waals surface area contributed by atoms with Gasteiger partial charge in [-0.2, -0.15) is 0 Å². The van der Waals surface area contributed by atoms with Crippen molar-refractivity contribution in [2.45, 2.75) is 44.2 Å². The Morgan fingerprint density at radius 2 is 1.85 bits per heavy atom. The predicted octanol–water partition coefficient (Wildman–Crippen LogP) is 4.17. The maximum atomic E-state index is 14.9. The third kappa shape index (κ3) is 5.09. The molecule has 1 unspecified atom stereocenters. The number of fused-ring (bicyclic) bond motifs is 1. The van der Waals surface area contributed by atoms with Gasteiger partial charge in [-0.15, -0.1) is 12.4 Å². The van der Waals surface area contributed by atoms with Crippen LogP contribution in [0.25, 0.3) is 0 Å². The van der Waals surface area contributed by atoms with Gasteiger partial charge < -0.3 is 10.6 Å². The number of nitrogens with two attached hydrogens (primary N) is 1. The van der Waals surface area contributed by atoms with E-state index in [0.29, 0.717) is 10.6 Å². The summed E-state index contributed by atoms with van der Waals surface area (Å²) in [7, 11) is -4.05. The lowest BCUT2D eigenvalue weighted by Gasteiger charge is -2.25. The van der Waals surface area contributed by atoms with Crippen molar-refractivity contribution in [1.29, 1.82) is 0 Å². The number of sulfone groups is 1. The van der Waals surface area contributed by atoms with Crippen LogP contribution in [-0.4, -0.2) is 31.9 Å². The molecule has 1 heterocycles. The highest BCUT2D eigenvalue weighted by molar-refractivity contribution is 7.91. The van der Waals surface area contributed by atoms with Crippen LogP contribution in [0.2, 0.25) is 5.02 Å². The predicted molar refractivity (Wildman–Crippen MR) is 127 cm³/mol. The van der Waals surface area contributed by atoms with Gasteiger partial charge in [0, 0.05) is 11.4 Å². The Bertz CT molecular complexity index is 1220. The molecule has 1 amide bonds. The molecular formula is C23H25Cl2FN2O4S. The highest BCUT2D eigenvalue weighted by Gasteiger charge is 2.46. The minimum atomic E-state index is -4.05. The van der Waals surface area contributed by atoms with E-state index in [9.17, 15) is 22.4 Å². The lowest BCUT2D eigenvalue weighted by molar-refractivity contribution is -0.119. The molecule has 0 aromatic heterocycles. The van der Waals surface area contributed by atoms with Crippen LogP contribution in [0, 0.1) is 17.2 Å². The Morgan fingerprint density at radius 1 is 1.24 bits per heavy atom. The van der Waals surface area contributed by atoms with Crippen LogP contribution in [0.4, 0.5) is 10.1 Å². The van der Waals surface area contributed by atoms with Gasteiger partial charge in [0.2, 0.25) is 5.91 Å². The number of Topliss-reactive ketones (excluding diaryl/α,β-unsaturated/α-hetero) is 1. The summed E-state index contributed by atoms with van der Waals surface area (Å²) in [5, 5.41) is 0.508. The van der Waals surface area contributed by atoms with Crippen LogP contribution in [-0.2, 0) is 21.2 Å². The average molecular weight is 515 g/mol. The largest absolute Gasteiger partial charge is 0.319 e. The molecule has 178 valence electrons. The van der Waals surface area contributed by atoms with Crippen LogP contribution >= 0.6 is 24.0 Å². The fraction of sp³-hybridized carbons (Fsp3) is 0.391. The van der Waals surface area contributed by atoms with E-state index in [-0.39, 0.29) is 52.9 Å². The van der Waals surface area contributed by atoms with E-state index in [0.717, 1.165) is 12.5 Å². The zero-order valence-corrected chi connectivity index (χ0v) is 20.6. The first-order valence-corrected chi connectivity index (χ1v) is 12.3. The summed E-state index contributed by atoms with van der Waals surface area (Å²) in [5.41, 5.74) is 6.35. The molecule has 2 N–H and O–H groups in total. The van der Waals surface area contributed by atoms with Crippen molar-refractivity contribution in [3.8, 4) is 0 Å². The van der Waals surface area contributed by atoms with E-state index in [4.69, 9.17) is 17.3 Å². The Labute approximate surface area is 203 Å². The molecule has 10 heteroatoms. The Balaban J connectivity index is 0.00000306. The number of halogens is 3. The summed E-state index contributed by atoms with van der Waals surface area (Å²) in [6.07, 6.45) is 1.04. The number of carbonyl (C=O) groups is 2. The van der Waals surface area contributed by atoms with Crippen molar-refractivity contribution in [3.63, 3.8) is 0 Å². The van der Waals surface area contributed by atoms with Gasteiger partial charge in [0.25, 0.3) is 0 Å². The SMILES string of the molecule is CC1(C)CC1CC(=O)c1cc2c(cc1F)S(=O)(=O)C[C@H](N)C(=O)N2Cc1ccc(Cl)cc1.Cl. The number of rotatable bonds is 5. The van der Waals surface area contributed by atoms with Crippen molar-refractivity contribution >= 4 is 51.2 Å². The third-order valence-corrected chi connectivity index (χ3v) is 8.41. The minimum Gasteiger partial charge on any atom is -0.319 e. The first kappa shape index (κ1) is 25.6. The number of amides is 1. The highest BCUT2D eigenvalue weighted by Crippen LogP contribution is 2.54. The zero-order chi connectivity index (χ0) is 23.4. The Kier molecular flexibility index (Phi) is 6.97. The first-order chi connectivity index (χ1) is 14.9. The molecule has 1 saturated carbocycles. The van der Waals surface area contributed by atoms with Gasteiger partial charge in [-0.1, -0.05) is 37.6 Å². The van der Waals surface area contributed by atoms with Crippen molar-refractivity contribution in [1.82, 2.24) is 0 Å². The van der Waals surface area contributed by atoms with E-state index in [2.05, 4.69) is 0 Å². The molecular weight excluding hydrogens is 490 g/mol. The fourth-order valence-corrected chi connectivity index (χ4v) is 5.82. The second kappa shape index (κ2) is 8.98. The summed E-state index contributed by atoms with van der Waals surface area (Å²) in [6, 6.07) is 7.41. The highest BCUT2D eigenvalue weighted by atomic mass is 35.5. The van der Waals surface area contributed by atoms with Crippen molar-refractivity contribution in [2.75, 3.05) is 10.7 Å². The molecule has 1 aliphatic heterocycles. The lowest BCUT2D eigenvalue weighted by atomic mass is 10.00. The number of anilines is 1. The normalized spacial score (nSPS) is 22.7. The van der Waals surface area contributed by atoms with E-state index >= 15 is 0 Å². The molecule has 2 aromatic carbocycles. The number of hydrogen-bond acceptors (Lipinski definition) is 5. The molecule has 6 nitrogen and oxygen atoms in total. The second-order valence-corrected chi connectivity index (χ2v) is 11.7. The summed E-state index contributed by atoms with van der Waals surface area (Å²) in [4.78, 5) is 26.8. The van der Waals surface area contributed by atoms with Crippen LogP contribution in [0.5, 0.6) is 0 Å². The number of ketones is 1. The molecule has 1 fully saturated rings. The smallest absolute Gasteiger partial charge is 0.245 e. The van der Waals surface area contributed by atoms with Crippen LogP contribution in [0.15, 0.2) is 41.3 Å². The summed E-state index contributed by atoms with van der Waals surface area (Å²) in [5.74, 6) is -2.43. The molecule has 4 rings (SSSR count). The van der Waals surface area contributed by atoms with Gasteiger partial charge >= 0.3 is 0 Å². The average Bonchev–Trinajstić information content (AvgIpc) is 3.32. The maximum absolute atomic E-state index is 14.9. The molecule has 0 saturated heterocycles. The number of benzene rings is 2. The van der Waals surface area contributed by atoms with E-state index in [1.54, 1.807) is 24.3 Å². The quantitative estimate of drug-likeness (QED) is 0.603. The number of carbonyl (C=O) groups excluding carboxylic acids is 2. The summed E-state index contributed by atoms with van der Waals surface area (Å²) < 4.78 is 40.7. The van der Waals surface area contributed by atoms with Crippen LogP contribution < -0.4 is 10.6 Å². The second-order valence-electron chi connectivity index (χ2n) is 9.26. The van der Waals surface area contributed by atoms with Gasteiger partial charge in [0.15, 0.2) is 15.6 Å². The van der Waals surface area contributed by atoms with Gasteiger partial charge in [0.1, 0.15) is 5.82 Å². The van der Waals surface area contributed by atoms with Gasteiger partial charge in [-0.05, 0) is 47.6 Å². The molecule has 1 aliphatic carbocycles. The topological polar surface area (TPSA) is 97.5 Å². The lowest BCUT2D eigenvalue weighted by Crippen LogP contribution is -2.45. The molecule has 2 aliphatic rings. The standard InChI is InChI=1S/C23H24ClFN2O4S.ClH/c1-23(2)10-14(23)7-20(28)16-8-19-21(9-17(16)25)32(30,31)12-18(26)22(29)27(19)11-13-3-5-15(24)6-4-13;/h3-6,8-9,14,18H,7,10-12,26H2,1-2H3;1H/t14?,18-;/m0./s1. The van der Waals surface area contributed by atoms with Crippen LogP contribution in [0.1, 0.15) is 42.6 Å². The number of nitrogens with zero attached hydrogens (tertiary/aromatic N) is 1. The third-order valence-electron chi connectivity index (χ3n) is 6.36. The van der Waals surface area contributed by atoms with E-state index in [1.807, 2.05) is 13.8 Å². The van der Waals surface area contributed by atoms with Crippen molar-refractivity contribution in [3.05, 3.63) is 58.4 Å². The molecule has 0 spiro atoms. The van der Waals surface area contributed by atoms with Crippen molar-refractivity contribution in [2.24, 2.45) is 17.1 Å². The molecule has 0 radical (unpaired) electrons. The zero-order valence-electron chi connectivity index (χ0n) is 18.2. The fourth-order valence-electron chi connectivity index (χ4n) is 4.13. The number of hydrogen-bond donors (Lipinski definition) is 1. The van der Waals surface area contributed by atoms with Crippen molar-refractivity contribution < 1.29 is 22.4 Å². The van der Waals surface area contributed by atoms with Gasteiger partial charge in [0.05, 0.1) is 34.5 Å². The van der Waals surface area contributed by atoms with Gasteiger partial charge in [-0.3, -0.25) is 9.59 Å². The van der Waals surface area contributed by atoms with E-state index in [1.165, 1.54) is 11.0 Å². The molecule has 2 atom stereocenters. The summed E-state index contributed by atoms with van der Waals surface area (Å²) >= 11 is 5.93. The Hall–Kier alpha value is -2.00. The Morgan fingerprint density at radius 3 is 2.42 bits per heavy atom.